The van der Waals surface area contributed by atoms with Crippen LogP contribution in [0.25, 0.3) is 0 Å². The minimum absolute atomic E-state index is 0.0381. The van der Waals surface area contributed by atoms with E-state index < -0.39 is 23.8 Å². The molecule has 0 aromatic heterocycles. The summed E-state index contributed by atoms with van der Waals surface area (Å²) in [7, 11) is 0. The highest BCUT2D eigenvalue weighted by Crippen LogP contribution is 2.61. The maximum absolute atomic E-state index is 13.0. The van der Waals surface area contributed by atoms with E-state index in [-0.39, 0.29) is 48.4 Å². The summed E-state index contributed by atoms with van der Waals surface area (Å²) < 4.78 is 49.5. The Bertz CT molecular complexity index is 1150. The van der Waals surface area contributed by atoms with Gasteiger partial charge in [0.25, 0.3) is 0 Å². The molecule has 0 amide bonds. The number of aromatic hydroxyl groups is 1. The van der Waals surface area contributed by atoms with Gasteiger partial charge in [-0.25, -0.2) is 0 Å². The summed E-state index contributed by atoms with van der Waals surface area (Å²) in [6, 6.07) is 1.69. The number of carbonyl (C=O) groups is 1. The molecular formula is C36H56O3. The highest BCUT2D eigenvalue weighted by molar-refractivity contribution is 5.69. The van der Waals surface area contributed by atoms with Crippen molar-refractivity contribution in [2.45, 2.75) is 154 Å². The maximum atomic E-state index is 13.0. The fraction of sp³-hybridized carbons (Fsp3) is 0.750. The Morgan fingerprint density at radius 1 is 1.08 bits per heavy atom. The summed E-state index contributed by atoms with van der Waals surface area (Å²) in [6.45, 7) is 4.19. The standard InChI is InChI=1S/C36H56O3/c1-3-4-5-6-7-8-9-10-11-12-13-14-15-16-17-18-35(38)39-34-24-23-33-32-21-19-28-27-29(37)20-22-30(28)31(32)25-26-36(33,34)2/h10-11,20,22,27,31-34,37H,3-9,12-19,21,23-26H2,1-2H3/b11-10-/t31-,32-,33+,34+,36+/m1/s1/i20D,24D2,27D,34D. The van der Waals surface area contributed by atoms with Crippen LogP contribution in [0.2, 0.25) is 0 Å². The number of allylic oxidation sites excluding steroid dienone is 2. The Hall–Kier alpha value is -1.77. The second-order valence-electron chi connectivity index (χ2n) is 12.6. The van der Waals surface area contributed by atoms with Crippen LogP contribution < -0.4 is 0 Å². The highest BCUT2D eigenvalue weighted by atomic mass is 16.5. The van der Waals surface area contributed by atoms with E-state index in [0.717, 1.165) is 49.7 Å². The van der Waals surface area contributed by atoms with Gasteiger partial charge in [0.15, 0.2) is 0 Å². The first kappa shape index (κ1) is 23.9. The van der Waals surface area contributed by atoms with Crippen molar-refractivity contribution in [2.24, 2.45) is 17.3 Å². The molecule has 3 nitrogen and oxygen atoms in total. The predicted molar refractivity (Wildman–Crippen MR) is 162 cm³/mol. The van der Waals surface area contributed by atoms with Crippen molar-refractivity contribution in [3.05, 3.63) is 41.4 Å². The number of phenols is 1. The molecule has 0 heterocycles. The molecule has 3 aliphatic carbocycles. The topological polar surface area (TPSA) is 46.5 Å². The van der Waals surface area contributed by atoms with Gasteiger partial charge in [-0.1, -0.05) is 83.4 Å². The normalized spacial score (nSPS) is 32.8. The number of esters is 1. The Morgan fingerprint density at radius 3 is 2.51 bits per heavy atom. The maximum Gasteiger partial charge on any atom is 0.306 e. The van der Waals surface area contributed by atoms with Crippen LogP contribution in [0.1, 0.15) is 160 Å². The highest BCUT2D eigenvalue weighted by Gasteiger charge is 2.56. The van der Waals surface area contributed by atoms with Gasteiger partial charge in [-0.05, 0) is 112 Å². The lowest BCUT2D eigenvalue weighted by Crippen LogP contribution is -2.45. The largest absolute Gasteiger partial charge is 0.508 e. The number of hydrogen-bond acceptors (Lipinski definition) is 3. The molecule has 1 aromatic rings. The molecule has 1 N–H and O–H groups in total. The molecule has 4 rings (SSSR count). The average Bonchev–Trinajstić information content (AvgIpc) is 3.14. The molecule has 218 valence electrons. The Kier molecular flexibility index (Phi) is 9.37. The molecule has 39 heavy (non-hydrogen) atoms. The van der Waals surface area contributed by atoms with Crippen LogP contribution in [-0.2, 0) is 16.0 Å². The van der Waals surface area contributed by atoms with E-state index in [9.17, 15) is 11.3 Å². The zero-order chi connectivity index (χ0) is 32.0. The van der Waals surface area contributed by atoms with Crippen LogP contribution in [0.3, 0.4) is 0 Å². The van der Waals surface area contributed by atoms with Crippen molar-refractivity contribution < 1.29 is 21.5 Å². The van der Waals surface area contributed by atoms with Crippen LogP contribution in [-0.4, -0.2) is 17.2 Å². The number of fused-ring (bicyclic) bond motifs is 5. The Morgan fingerprint density at radius 2 is 1.77 bits per heavy atom. The van der Waals surface area contributed by atoms with Crippen LogP contribution >= 0.6 is 0 Å². The number of benzene rings is 1. The summed E-state index contributed by atoms with van der Waals surface area (Å²) in [6.07, 6.45) is 19.0. The molecule has 3 heteroatoms. The van der Waals surface area contributed by atoms with Gasteiger partial charge < -0.3 is 9.84 Å². The van der Waals surface area contributed by atoms with E-state index in [1.807, 2.05) is 6.92 Å². The lowest BCUT2D eigenvalue weighted by molar-refractivity contribution is -0.157. The summed E-state index contributed by atoms with van der Waals surface area (Å²) in [4.78, 5) is 13.0. The number of carbonyl (C=O) groups excluding carboxylic acids is 1. The van der Waals surface area contributed by atoms with Crippen LogP contribution in [0, 0.1) is 17.3 Å². The van der Waals surface area contributed by atoms with Crippen LogP contribution in [0.15, 0.2) is 30.3 Å². The molecule has 0 radical (unpaired) electrons. The number of ether oxygens (including phenoxy) is 1. The Labute approximate surface area is 246 Å². The van der Waals surface area contributed by atoms with Crippen LogP contribution in [0.5, 0.6) is 5.75 Å². The molecule has 0 spiro atoms. The molecule has 2 saturated carbocycles. The fourth-order valence-electron chi connectivity index (χ4n) is 7.45. The first-order chi connectivity index (χ1) is 21.0. The Balaban J connectivity index is 1.22. The summed E-state index contributed by atoms with van der Waals surface area (Å²) in [5, 5.41) is 10.2. The minimum atomic E-state index is -1.96. The molecule has 0 bridgehead atoms. The van der Waals surface area contributed by atoms with Gasteiger partial charge in [0.1, 0.15) is 11.8 Å². The monoisotopic (exact) mass is 541 g/mol. The lowest BCUT2D eigenvalue weighted by atomic mass is 9.55. The average molecular weight is 542 g/mol. The second kappa shape index (κ2) is 15.3. The molecule has 0 unspecified atom stereocenters. The molecule has 0 saturated heterocycles. The lowest BCUT2D eigenvalue weighted by Gasteiger charge is -2.50. The van der Waals surface area contributed by atoms with Gasteiger partial charge in [-0.3, -0.25) is 4.79 Å². The third kappa shape index (κ3) is 8.14. The van der Waals surface area contributed by atoms with E-state index in [0.29, 0.717) is 25.7 Å². The summed E-state index contributed by atoms with van der Waals surface area (Å²) in [5.74, 6) is -0.714. The molecule has 1 aromatic carbocycles. The zero-order valence-electron chi connectivity index (χ0n) is 29.7. The van der Waals surface area contributed by atoms with Crippen molar-refractivity contribution in [1.82, 2.24) is 0 Å². The first-order valence-electron chi connectivity index (χ1n) is 18.7. The third-order valence-electron chi connectivity index (χ3n) is 9.80. The van der Waals surface area contributed by atoms with Gasteiger partial charge >= 0.3 is 5.97 Å². The third-order valence-corrected chi connectivity index (χ3v) is 9.80. The van der Waals surface area contributed by atoms with Crippen molar-refractivity contribution in [1.29, 1.82) is 0 Å². The van der Waals surface area contributed by atoms with Gasteiger partial charge in [0.2, 0.25) is 0 Å². The number of hydrogen-bond donors (Lipinski definition) is 1. The van der Waals surface area contributed by atoms with Gasteiger partial charge in [0.05, 0.1) is 4.11 Å². The molecule has 0 aliphatic heterocycles. The van der Waals surface area contributed by atoms with Gasteiger partial charge in [-0.15, -0.1) is 0 Å². The van der Waals surface area contributed by atoms with E-state index in [2.05, 4.69) is 19.1 Å². The second-order valence-corrected chi connectivity index (χ2v) is 12.6. The zero-order valence-corrected chi connectivity index (χ0v) is 24.7. The van der Waals surface area contributed by atoms with Gasteiger partial charge in [-0.2, -0.15) is 0 Å². The smallest absolute Gasteiger partial charge is 0.306 e. The van der Waals surface area contributed by atoms with E-state index in [4.69, 9.17) is 10.2 Å². The predicted octanol–water partition coefficient (Wildman–Crippen LogP) is 10.2. The van der Waals surface area contributed by atoms with Crippen molar-refractivity contribution in [3.8, 4) is 5.75 Å². The van der Waals surface area contributed by atoms with E-state index in [1.165, 1.54) is 44.9 Å². The SMILES string of the molecule is [2H]c1cc2c(c([2H])c1O)CC[C@@H]1[C@@H]2CC[C@@]2(C)[C@H]1CC([2H])([2H])[C@]2([2H])OC(=O)CCCCCCC/C=C\CCCCCCCC. The minimum Gasteiger partial charge on any atom is -0.508 e. The first-order valence-corrected chi connectivity index (χ1v) is 16.2. The van der Waals surface area contributed by atoms with E-state index >= 15 is 0 Å². The van der Waals surface area contributed by atoms with Crippen molar-refractivity contribution in [2.75, 3.05) is 0 Å². The number of phenolic OH excluding ortho intramolecular Hbond substituents is 1. The van der Waals surface area contributed by atoms with Crippen molar-refractivity contribution in [3.63, 3.8) is 0 Å². The number of rotatable bonds is 16. The molecule has 3 aliphatic rings. The number of unbranched alkanes of at least 4 members (excludes halogenated alkanes) is 11. The molecule has 2 fully saturated rings. The van der Waals surface area contributed by atoms with E-state index in [1.54, 1.807) is 6.07 Å². The summed E-state index contributed by atoms with van der Waals surface area (Å²) in [5.41, 5.74) is 0.922. The van der Waals surface area contributed by atoms with Crippen molar-refractivity contribution >= 4 is 5.97 Å². The van der Waals surface area contributed by atoms with Crippen LogP contribution in [0.4, 0.5) is 0 Å². The molecule has 5 atom stereocenters. The fourth-order valence-corrected chi connectivity index (χ4v) is 7.45. The quantitative estimate of drug-likeness (QED) is 0.129. The molecular weight excluding hydrogens is 480 g/mol. The summed E-state index contributed by atoms with van der Waals surface area (Å²) >= 11 is 0. The van der Waals surface area contributed by atoms with Gasteiger partial charge in [0, 0.05) is 14.6 Å².